The molecule has 2 rings (SSSR count). The molecule has 1 aliphatic carbocycles. The predicted molar refractivity (Wildman–Crippen MR) is 68.8 cm³/mol. The maximum atomic E-state index is 12.5. The highest BCUT2D eigenvalue weighted by atomic mass is 16.4. The number of likely N-dealkylation sites (tertiary alicyclic amines) is 1. The molecule has 1 saturated heterocycles. The highest BCUT2D eigenvalue weighted by Gasteiger charge is 2.38. The van der Waals surface area contributed by atoms with Gasteiger partial charge in [-0.1, -0.05) is 0 Å². The Morgan fingerprint density at radius 3 is 2.47 bits per heavy atom. The van der Waals surface area contributed by atoms with E-state index in [1.165, 1.54) is 4.90 Å². The van der Waals surface area contributed by atoms with Crippen molar-refractivity contribution < 1.29 is 19.8 Å². The number of urea groups is 1. The van der Waals surface area contributed by atoms with Gasteiger partial charge < -0.3 is 20.0 Å². The first kappa shape index (κ1) is 14.1. The van der Waals surface area contributed by atoms with Crippen LogP contribution in [0.4, 0.5) is 4.79 Å². The van der Waals surface area contributed by atoms with E-state index in [1.54, 1.807) is 4.90 Å². The average molecular weight is 270 g/mol. The van der Waals surface area contributed by atoms with Crippen LogP contribution in [0.3, 0.4) is 0 Å². The van der Waals surface area contributed by atoms with Gasteiger partial charge in [0.1, 0.15) is 6.04 Å². The first-order valence-corrected chi connectivity index (χ1v) is 7.06. The molecule has 2 aliphatic rings. The van der Waals surface area contributed by atoms with Crippen molar-refractivity contribution in [3.63, 3.8) is 0 Å². The van der Waals surface area contributed by atoms with Crippen LogP contribution < -0.4 is 0 Å². The van der Waals surface area contributed by atoms with Crippen molar-refractivity contribution >= 4 is 12.0 Å². The Labute approximate surface area is 113 Å². The van der Waals surface area contributed by atoms with Crippen LogP contribution in [0.15, 0.2) is 0 Å². The molecule has 0 aromatic carbocycles. The number of carboxylic acid groups (broad SMARTS) is 1. The molecule has 1 saturated carbocycles. The molecule has 6 heteroatoms. The summed E-state index contributed by atoms with van der Waals surface area (Å²) in [6.45, 7) is 1.10. The summed E-state index contributed by atoms with van der Waals surface area (Å²) in [7, 11) is 0. The van der Waals surface area contributed by atoms with E-state index < -0.39 is 12.0 Å². The van der Waals surface area contributed by atoms with E-state index in [9.17, 15) is 9.59 Å². The van der Waals surface area contributed by atoms with E-state index in [-0.39, 0.29) is 18.7 Å². The fourth-order valence-electron chi connectivity index (χ4n) is 2.79. The van der Waals surface area contributed by atoms with Gasteiger partial charge in [-0.2, -0.15) is 0 Å². The number of hydrogen-bond donors (Lipinski definition) is 2. The maximum Gasteiger partial charge on any atom is 0.326 e. The van der Waals surface area contributed by atoms with Gasteiger partial charge >= 0.3 is 12.0 Å². The van der Waals surface area contributed by atoms with Crippen LogP contribution in [-0.4, -0.2) is 63.8 Å². The number of nitrogens with zero attached hydrogens (tertiary/aromatic N) is 2. The molecule has 6 nitrogen and oxygen atoms in total. The number of aliphatic hydroxyl groups excluding tert-OH is 1. The third-order valence-corrected chi connectivity index (χ3v) is 4.10. The van der Waals surface area contributed by atoms with Crippen molar-refractivity contribution in [2.75, 3.05) is 19.7 Å². The maximum absolute atomic E-state index is 12.5. The summed E-state index contributed by atoms with van der Waals surface area (Å²) in [5.74, 6) is -0.915. The molecular weight excluding hydrogens is 248 g/mol. The minimum Gasteiger partial charge on any atom is -0.480 e. The summed E-state index contributed by atoms with van der Waals surface area (Å²) in [5.41, 5.74) is 0. The quantitative estimate of drug-likeness (QED) is 0.777. The Morgan fingerprint density at radius 2 is 1.95 bits per heavy atom. The van der Waals surface area contributed by atoms with Gasteiger partial charge in [0.2, 0.25) is 0 Å². The van der Waals surface area contributed by atoms with E-state index in [1.807, 2.05) is 0 Å². The summed E-state index contributed by atoms with van der Waals surface area (Å²) in [5, 5.41) is 18.1. The van der Waals surface area contributed by atoms with E-state index in [2.05, 4.69) is 0 Å². The molecule has 2 N–H and O–H groups in total. The number of carbonyl (C=O) groups excluding carboxylic acids is 1. The fourth-order valence-corrected chi connectivity index (χ4v) is 2.79. The molecule has 0 aromatic rings. The van der Waals surface area contributed by atoms with Crippen LogP contribution in [0.25, 0.3) is 0 Å². The first-order valence-electron chi connectivity index (χ1n) is 7.06. The largest absolute Gasteiger partial charge is 0.480 e. The van der Waals surface area contributed by atoms with Gasteiger partial charge in [0.05, 0.1) is 0 Å². The molecule has 2 amide bonds. The molecule has 0 aromatic heterocycles. The molecule has 0 bridgehead atoms. The smallest absolute Gasteiger partial charge is 0.326 e. The lowest BCUT2D eigenvalue weighted by atomic mass is 9.91. The molecule has 0 radical (unpaired) electrons. The Kier molecular flexibility index (Phi) is 4.63. The standard InChI is InChI=1S/C13H22N2O4/c16-9-3-8-14(10-4-1-5-10)13(19)15-7-2-6-11(15)12(17)18/h10-11,16H,1-9H2,(H,17,18). The minimum absolute atomic E-state index is 0.0544. The normalized spacial score (nSPS) is 23.2. The van der Waals surface area contributed by atoms with Crippen molar-refractivity contribution in [3.8, 4) is 0 Å². The Morgan fingerprint density at radius 1 is 1.21 bits per heavy atom. The van der Waals surface area contributed by atoms with Gasteiger partial charge in [0.15, 0.2) is 0 Å². The number of rotatable bonds is 5. The molecule has 0 spiro atoms. The van der Waals surface area contributed by atoms with Crippen LogP contribution in [0, 0.1) is 0 Å². The minimum atomic E-state index is -0.915. The van der Waals surface area contributed by atoms with Crippen LogP contribution in [0.5, 0.6) is 0 Å². The van der Waals surface area contributed by atoms with Gasteiger partial charge in [0, 0.05) is 25.7 Å². The van der Waals surface area contributed by atoms with Gasteiger partial charge in [-0.3, -0.25) is 0 Å². The van der Waals surface area contributed by atoms with Gasteiger partial charge in [-0.05, 0) is 38.5 Å². The fraction of sp³-hybridized carbons (Fsp3) is 0.846. The summed E-state index contributed by atoms with van der Waals surface area (Å²) in [6.07, 6.45) is 4.94. The van der Waals surface area contributed by atoms with Gasteiger partial charge in [-0.15, -0.1) is 0 Å². The summed E-state index contributed by atoms with van der Waals surface area (Å²) < 4.78 is 0. The molecule has 1 heterocycles. The van der Waals surface area contributed by atoms with Crippen molar-refractivity contribution in [2.45, 2.75) is 50.6 Å². The van der Waals surface area contributed by atoms with Crippen LogP contribution in [0.1, 0.15) is 38.5 Å². The van der Waals surface area contributed by atoms with Crippen molar-refractivity contribution in [1.29, 1.82) is 0 Å². The molecule has 108 valence electrons. The molecule has 1 unspecified atom stereocenters. The molecule has 2 fully saturated rings. The van der Waals surface area contributed by atoms with E-state index in [0.29, 0.717) is 25.9 Å². The summed E-state index contributed by atoms with van der Waals surface area (Å²) in [6, 6.07) is -0.610. The lowest BCUT2D eigenvalue weighted by Crippen LogP contribution is -2.53. The van der Waals surface area contributed by atoms with Crippen molar-refractivity contribution in [2.24, 2.45) is 0 Å². The second-order valence-corrected chi connectivity index (χ2v) is 5.33. The second-order valence-electron chi connectivity index (χ2n) is 5.33. The highest BCUT2D eigenvalue weighted by molar-refractivity contribution is 5.83. The first-order chi connectivity index (χ1) is 9.15. The lowest BCUT2D eigenvalue weighted by Gasteiger charge is -2.40. The Hall–Kier alpha value is -1.30. The zero-order valence-corrected chi connectivity index (χ0v) is 11.1. The van der Waals surface area contributed by atoms with Crippen LogP contribution >= 0.6 is 0 Å². The lowest BCUT2D eigenvalue weighted by molar-refractivity contribution is -0.141. The van der Waals surface area contributed by atoms with E-state index in [4.69, 9.17) is 10.2 Å². The zero-order valence-electron chi connectivity index (χ0n) is 11.1. The summed E-state index contributed by atoms with van der Waals surface area (Å²) >= 11 is 0. The monoisotopic (exact) mass is 270 g/mol. The zero-order chi connectivity index (χ0) is 13.8. The Balaban J connectivity index is 2.02. The third-order valence-electron chi connectivity index (χ3n) is 4.10. The predicted octanol–water partition coefficient (Wildman–Crippen LogP) is 0.892. The van der Waals surface area contributed by atoms with Gasteiger partial charge in [-0.25, -0.2) is 9.59 Å². The van der Waals surface area contributed by atoms with E-state index in [0.717, 1.165) is 25.7 Å². The Bertz CT molecular complexity index is 344. The number of carboxylic acids is 1. The highest BCUT2D eigenvalue weighted by Crippen LogP contribution is 2.28. The molecule has 1 atom stereocenters. The number of carbonyl (C=O) groups is 2. The topological polar surface area (TPSA) is 81.1 Å². The number of hydrogen-bond acceptors (Lipinski definition) is 3. The summed E-state index contributed by atoms with van der Waals surface area (Å²) in [4.78, 5) is 26.9. The number of amides is 2. The average Bonchev–Trinajstić information content (AvgIpc) is 2.80. The van der Waals surface area contributed by atoms with Gasteiger partial charge in [0.25, 0.3) is 0 Å². The van der Waals surface area contributed by atoms with Crippen LogP contribution in [0.2, 0.25) is 0 Å². The van der Waals surface area contributed by atoms with Crippen LogP contribution in [-0.2, 0) is 4.79 Å². The number of aliphatic hydroxyl groups is 1. The van der Waals surface area contributed by atoms with E-state index >= 15 is 0 Å². The van der Waals surface area contributed by atoms with Crippen molar-refractivity contribution in [3.05, 3.63) is 0 Å². The molecular formula is C13H22N2O4. The molecule has 19 heavy (non-hydrogen) atoms. The van der Waals surface area contributed by atoms with Crippen molar-refractivity contribution in [1.82, 2.24) is 9.80 Å². The second kappa shape index (κ2) is 6.23. The SMILES string of the molecule is O=C(O)C1CCCN1C(=O)N(CCCO)C1CCC1. The number of aliphatic carboxylic acids is 1. The third kappa shape index (κ3) is 3.00. The molecule has 1 aliphatic heterocycles.